The number of hydrogen-bond acceptors (Lipinski definition) is 9. The topological polar surface area (TPSA) is 106 Å². The first-order chi connectivity index (χ1) is 19.4. The van der Waals surface area contributed by atoms with Crippen LogP contribution in [0, 0.1) is 6.92 Å². The minimum absolute atomic E-state index is 0.244. The molecule has 2 heterocycles. The van der Waals surface area contributed by atoms with Gasteiger partial charge in [0.1, 0.15) is 12.4 Å². The number of anilines is 2. The lowest BCUT2D eigenvalue weighted by molar-refractivity contribution is -0.0420. The Kier molecular flexibility index (Phi) is 8.78. The molecule has 1 aliphatic rings. The van der Waals surface area contributed by atoms with Crippen LogP contribution in [0.15, 0.2) is 42.6 Å². The molecule has 1 fully saturated rings. The second-order valence-electron chi connectivity index (χ2n) is 9.64. The second-order valence-corrected chi connectivity index (χ2v) is 10.0. The molecule has 1 aromatic heterocycles. The van der Waals surface area contributed by atoms with E-state index in [2.05, 4.69) is 15.2 Å². The van der Waals surface area contributed by atoms with E-state index >= 15 is 0 Å². The lowest BCUT2D eigenvalue weighted by Crippen LogP contribution is -2.38. The van der Waals surface area contributed by atoms with Gasteiger partial charge in [-0.1, -0.05) is 11.6 Å². The van der Waals surface area contributed by atoms with Crippen LogP contribution >= 0.6 is 11.6 Å². The van der Waals surface area contributed by atoms with Crippen LogP contribution in [0.4, 0.5) is 11.4 Å². The van der Waals surface area contributed by atoms with Crippen LogP contribution in [0.25, 0.3) is 21.7 Å². The maximum absolute atomic E-state index is 10.2. The fourth-order valence-electron chi connectivity index (χ4n) is 4.87. The molecule has 0 radical (unpaired) electrons. The zero-order valence-corrected chi connectivity index (χ0v) is 23.6. The molecule has 1 saturated heterocycles. The average Bonchev–Trinajstić information content (AvgIpc) is 2.94. The lowest BCUT2D eigenvalue weighted by Gasteiger charge is -2.26. The first-order valence-electron chi connectivity index (χ1n) is 13.3. The minimum Gasteiger partial charge on any atom is -0.495 e. The van der Waals surface area contributed by atoms with E-state index in [0.29, 0.717) is 46.7 Å². The molecule has 212 valence electrons. The summed E-state index contributed by atoms with van der Waals surface area (Å²) in [4.78, 5) is 6.85. The molecule has 3 aromatic carbocycles. The number of nitrogens with one attached hydrogen (secondary N) is 1. The number of aliphatic hydroxyl groups excluding tert-OH is 1. The Hall–Kier alpha value is -3.34. The van der Waals surface area contributed by atoms with Gasteiger partial charge in [0, 0.05) is 48.5 Å². The number of morpholine rings is 1. The molecule has 0 unspecified atom stereocenters. The number of aromatic nitrogens is 1. The van der Waals surface area contributed by atoms with Crippen molar-refractivity contribution in [2.24, 2.45) is 0 Å². The maximum Gasteiger partial charge on any atom is 0.182 e. The van der Waals surface area contributed by atoms with Crippen molar-refractivity contribution in [1.82, 2.24) is 9.88 Å². The van der Waals surface area contributed by atoms with Crippen LogP contribution in [0.2, 0.25) is 5.02 Å². The molecule has 0 aliphatic carbocycles. The predicted molar refractivity (Wildman–Crippen MR) is 156 cm³/mol. The standard InChI is InChI=1S/C30H34ClN3O6/c1-4-39-27-15-20-13-25-21(12-19(20)14-28(27)40-10-7-34-5-8-38-9-6-34)29(22(17-32-25)30(35)36)33-24-16-26(37-3)23(31)11-18(24)2/h11-17,30,35-36H,4-10H2,1-3H3,(H,32,33). The number of nitrogens with zero attached hydrogens (tertiary/aromatic N) is 2. The summed E-state index contributed by atoms with van der Waals surface area (Å²) in [5.74, 6) is 1.83. The van der Waals surface area contributed by atoms with Gasteiger partial charge in [0.15, 0.2) is 17.8 Å². The highest BCUT2D eigenvalue weighted by molar-refractivity contribution is 6.32. The van der Waals surface area contributed by atoms with Crippen molar-refractivity contribution >= 4 is 44.7 Å². The first kappa shape index (κ1) is 28.2. The predicted octanol–water partition coefficient (Wildman–Crippen LogP) is 5.19. The smallest absolute Gasteiger partial charge is 0.182 e. The Balaban J connectivity index is 1.56. The van der Waals surface area contributed by atoms with Crippen molar-refractivity contribution in [2.45, 2.75) is 20.1 Å². The van der Waals surface area contributed by atoms with Gasteiger partial charge < -0.3 is 34.5 Å². The Labute approximate surface area is 238 Å². The van der Waals surface area contributed by atoms with Gasteiger partial charge in [-0.15, -0.1) is 0 Å². The Morgan fingerprint density at radius 1 is 1.02 bits per heavy atom. The highest BCUT2D eigenvalue weighted by Crippen LogP contribution is 2.40. The SMILES string of the molecule is CCOc1cc2cc3ncc(C(O)O)c(Nc4cc(OC)c(Cl)cc4C)c3cc2cc1OCCN1CCOCC1. The minimum atomic E-state index is -1.73. The van der Waals surface area contributed by atoms with Crippen molar-refractivity contribution in [3.05, 3.63) is 58.7 Å². The summed E-state index contributed by atoms with van der Waals surface area (Å²) in [5.41, 5.74) is 3.04. The van der Waals surface area contributed by atoms with Gasteiger partial charge in [0.25, 0.3) is 0 Å². The molecule has 40 heavy (non-hydrogen) atoms. The van der Waals surface area contributed by atoms with Gasteiger partial charge in [-0.3, -0.25) is 9.88 Å². The van der Waals surface area contributed by atoms with Gasteiger partial charge in [-0.2, -0.15) is 0 Å². The van der Waals surface area contributed by atoms with Crippen molar-refractivity contribution in [2.75, 3.05) is 58.5 Å². The fraction of sp³-hybridized carbons (Fsp3) is 0.367. The number of ether oxygens (including phenoxy) is 4. The van der Waals surface area contributed by atoms with Crippen molar-refractivity contribution < 1.29 is 29.2 Å². The molecular weight excluding hydrogens is 534 g/mol. The molecule has 0 amide bonds. The average molecular weight is 568 g/mol. The largest absolute Gasteiger partial charge is 0.495 e. The van der Waals surface area contributed by atoms with Gasteiger partial charge in [-0.25, -0.2) is 0 Å². The molecule has 0 bridgehead atoms. The number of halogens is 1. The summed E-state index contributed by atoms with van der Waals surface area (Å²) in [6.07, 6.45) is -0.264. The van der Waals surface area contributed by atoms with Crippen molar-refractivity contribution in [3.8, 4) is 17.2 Å². The van der Waals surface area contributed by atoms with E-state index in [0.717, 1.165) is 60.3 Å². The summed E-state index contributed by atoms with van der Waals surface area (Å²) in [7, 11) is 1.55. The van der Waals surface area contributed by atoms with E-state index < -0.39 is 6.29 Å². The van der Waals surface area contributed by atoms with Crippen LogP contribution in [0.1, 0.15) is 24.3 Å². The van der Waals surface area contributed by atoms with E-state index in [1.165, 1.54) is 6.20 Å². The molecular formula is C30H34ClN3O6. The molecule has 4 aromatic rings. The highest BCUT2D eigenvalue weighted by Gasteiger charge is 2.18. The third kappa shape index (κ3) is 6.04. The summed E-state index contributed by atoms with van der Waals surface area (Å²) in [6.45, 7) is 8.95. The Bertz CT molecular complexity index is 1510. The number of benzene rings is 3. The van der Waals surface area contributed by atoms with Crippen molar-refractivity contribution in [1.29, 1.82) is 0 Å². The van der Waals surface area contributed by atoms with Crippen molar-refractivity contribution in [3.63, 3.8) is 0 Å². The maximum atomic E-state index is 10.2. The Morgan fingerprint density at radius 2 is 1.75 bits per heavy atom. The molecule has 0 spiro atoms. The zero-order valence-electron chi connectivity index (χ0n) is 22.9. The molecule has 9 nitrogen and oxygen atoms in total. The molecule has 0 atom stereocenters. The van der Waals surface area contributed by atoms with Crippen LogP contribution in [-0.4, -0.2) is 73.3 Å². The van der Waals surface area contributed by atoms with Gasteiger partial charge in [0.2, 0.25) is 0 Å². The number of aryl methyl sites for hydroxylation is 1. The van der Waals surface area contributed by atoms with E-state index in [9.17, 15) is 10.2 Å². The third-order valence-electron chi connectivity index (χ3n) is 7.02. The van der Waals surface area contributed by atoms with Crippen LogP contribution in [0.5, 0.6) is 17.2 Å². The first-order valence-corrected chi connectivity index (χ1v) is 13.7. The van der Waals surface area contributed by atoms with E-state index in [1.807, 2.05) is 38.1 Å². The van der Waals surface area contributed by atoms with E-state index in [1.54, 1.807) is 19.2 Å². The number of hydrogen-bond donors (Lipinski definition) is 3. The Morgan fingerprint density at radius 3 is 2.45 bits per heavy atom. The van der Waals surface area contributed by atoms with Gasteiger partial charge >= 0.3 is 0 Å². The van der Waals surface area contributed by atoms with Crippen LogP contribution < -0.4 is 19.5 Å². The van der Waals surface area contributed by atoms with Crippen LogP contribution in [-0.2, 0) is 4.74 Å². The number of aliphatic hydroxyl groups is 2. The lowest BCUT2D eigenvalue weighted by atomic mass is 10.0. The van der Waals surface area contributed by atoms with Gasteiger partial charge in [0.05, 0.1) is 43.2 Å². The van der Waals surface area contributed by atoms with Crippen LogP contribution in [0.3, 0.4) is 0 Å². The normalized spacial score (nSPS) is 14.2. The summed E-state index contributed by atoms with van der Waals surface area (Å²) in [6, 6.07) is 11.4. The zero-order chi connectivity index (χ0) is 28.2. The molecule has 1 aliphatic heterocycles. The molecule has 3 N–H and O–H groups in total. The molecule has 5 rings (SSSR count). The third-order valence-corrected chi connectivity index (χ3v) is 7.32. The number of rotatable bonds is 10. The van der Waals surface area contributed by atoms with E-state index in [4.69, 9.17) is 30.5 Å². The molecule has 10 heteroatoms. The second kappa shape index (κ2) is 12.4. The van der Waals surface area contributed by atoms with E-state index in [-0.39, 0.29) is 5.56 Å². The summed E-state index contributed by atoms with van der Waals surface area (Å²) in [5, 5.41) is 26.8. The quantitative estimate of drug-likeness (QED) is 0.176. The van der Waals surface area contributed by atoms with Gasteiger partial charge in [-0.05, 0) is 60.5 Å². The monoisotopic (exact) mass is 567 g/mol. The summed E-state index contributed by atoms with van der Waals surface area (Å²) < 4.78 is 23.0. The fourth-order valence-corrected chi connectivity index (χ4v) is 5.16. The highest BCUT2D eigenvalue weighted by atomic mass is 35.5. The number of fused-ring (bicyclic) bond motifs is 2. The molecule has 0 saturated carbocycles. The number of pyridine rings is 1. The number of methoxy groups -OCH3 is 1. The summed E-state index contributed by atoms with van der Waals surface area (Å²) >= 11 is 6.30.